The van der Waals surface area contributed by atoms with E-state index in [-0.39, 0.29) is 30.1 Å². The van der Waals surface area contributed by atoms with Crippen LogP contribution in [0.3, 0.4) is 0 Å². The summed E-state index contributed by atoms with van der Waals surface area (Å²) >= 11 is 1.39. The van der Waals surface area contributed by atoms with Crippen LogP contribution in [0.2, 0.25) is 0 Å². The number of anilines is 1. The molecule has 1 aromatic heterocycles. The van der Waals surface area contributed by atoms with Gasteiger partial charge in [0, 0.05) is 10.5 Å². The molecule has 2 aromatic rings. The first kappa shape index (κ1) is 26.4. The molecule has 0 aliphatic heterocycles. The number of esters is 2. The molecule has 0 saturated heterocycles. The number of carbonyl (C=O) groups excluding carboxylic acids is 2. The maximum absolute atomic E-state index is 12.9. The van der Waals surface area contributed by atoms with Crippen molar-refractivity contribution < 1.29 is 19.1 Å². The van der Waals surface area contributed by atoms with Gasteiger partial charge in [0.05, 0.1) is 18.8 Å². The summed E-state index contributed by atoms with van der Waals surface area (Å²) in [4.78, 5) is 26.8. The maximum Gasteiger partial charge on any atom is 0.359 e. The molecule has 0 bridgehead atoms. The molecule has 36 heavy (non-hydrogen) atoms. The van der Waals surface area contributed by atoms with Gasteiger partial charge in [-0.1, -0.05) is 36.4 Å². The summed E-state index contributed by atoms with van der Waals surface area (Å²) < 4.78 is 10.5. The molecule has 0 atom stereocenters. The summed E-state index contributed by atoms with van der Waals surface area (Å²) in [5.41, 5.74) is 4.46. The zero-order chi connectivity index (χ0) is 25.9. The van der Waals surface area contributed by atoms with E-state index in [1.54, 1.807) is 19.9 Å². The Morgan fingerprint density at radius 1 is 1.08 bits per heavy atom. The number of nitrogens with one attached hydrogen (secondary N) is 1. The maximum atomic E-state index is 12.9. The SMILES string of the molecule is CCOC(=O)/C(=N/Nc1sc2c(c1C(=O)OCC)CCCC2)C(/C=C/c1ccccc1)=C(C#N)C#N. The van der Waals surface area contributed by atoms with Crippen molar-refractivity contribution in [3.8, 4) is 12.1 Å². The second kappa shape index (κ2) is 13.0. The molecule has 0 amide bonds. The monoisotopic (exact) mass is 502 g/mol. The molecule has 0 saturated carbocycles. The standard InChI is InChI=1S/C27H26N4O4S/c1-3-34-26(32)23-21-12-8-9-13-22(21)36-25(23)31-30-24(27(33)35-4-2)20(19(16-28)17-29)15-14-18-10-6-5-7-11-18/h5-7,10-11,14-15,31H,3-4,8-9,12-13H2,1-2H3/b15-14+,30-24+. The second-order valence-electron chi connectivity index (χ2n) is 7.68. The Morgan fingerprint density at radius 2 is 1.78 bits per heavy atom. The Kier molecular flexibility index (Phi) is 9.56. The lowest BCUT2D eigenvalue weighted by Crippen LogP contribution is -2.22. The van der Waals surface area contributed by atoms with E-state index < -0.39 is 11.9 Å². The van der Waals surface area contributed by atoms with Crippen LogP contribution in [-0.2, 0) is 27.1 Å². The van der Waals surface area contributed by atoms with E-state index in [4.69, 9.17) is 9.47 Å². The average molecular weight is 503 g/mol. The van der Waals surface area contributed by atoms with Gasteiger partial charge in [0.2, 0.25) is 0 Å². The van der Waals surface area contributed by atoms with Gasteiger partial charge in [0.25, 0.3) is 0 Å². The van der Waals surface area contributed by atoms with Gasteiger partial charge in [0.15, 0.2) is 5.71 Å². The molecule has 1 aliphatic carbocycles. The summed E-state index contributed by atoms with van der Waals surface area (Å²) in [5.74, 6) is -1.26. The third-order valence-corrected chi connectivity index (χ3v) is 6.58. The fourth-order valence-electron chi connectivity index (χ4n) is 3.76. The predicted octanol–water partition coefficient (Wildman–Crippen LogP) is 5.19. The van der Waals surface area contributed by atoms with E-state index in [1.807, 2.05) is 42.5 Å². The Labute approximate surface area is 214 Å². The van der Waals surface area contributed by atoms with Crippen molar-refractivity contribution in [2.45, 2.75) is 39.5 Å². The number of hydrogen-bond donors (Lipinski definition) is 1. The largest absolute Gasteiger partial charge is 0.462 e. The number of hydrazone groups is 1. The lowest BCUT2D eigenvalue weighted by Gasteiger charge is -2.12. The minimum atomic E-state index is -0.806. The molecule has 1 aromatic carbocycles. The van der Waals surface area contributed by atoms with Crippen LogP contribution in [0, 0.1) is 22.7 Å². The first-order valence-corrected chi connectivity index (χ1v) is 12.5. The summed E-state index contributed by atoms with van der Waals surface area (Å²) in [6.45, 7) is 3.69. The van der Waals surface area contributed by atoms with Crippen molar-refractivity contribution in [2.24, 2.45) is 5.10 Å². The van der Waals surface area contributed by atoms with Gasteiger partial charge >= 0.3 is 11.9 Å². The number of benzene rings is 1. The number of fused-ring (bicyclic) bond motifs is 1. The van der Waals surface area contributed by atoms with E-state index in [1.165, 1.54) is 17.4 Å². The summed E-state index contributed by atoms with van der Waals surface area (Å²) in [7, 11) is 0. The van der Waals surface area contributed by atoms with Crippen LogP contribution < -0.4 is 5.43 Å². The molecule has 8 nitrogen and oxygen atoms in total. The zero-order valence-electron chi connectivity index (χ0n) is 20.2. The Balaban J connectivity index is 2.10. The normalized spacial score (nSPS) is 12.7. The van der Waals surface area contributed by atoms with Crippen molar-refractivity contribution in [1.29, 1.82) is 10.5 Å². The molecule has 0 radical (unpaired) electrons. The van der Waals surface area contributed by atoms with Gasteiger partial charge in [0.1, 0.15) is 22.7 Å². The minimum absolute atomic E-state index is 0.00815. The van der Waals surface area contributed by atoms with Crippen LogP contribution in [0.5, 0.6) is 0 Å². The highest BCUT2D eigenvalue weighted by Gasteiger charge is 2.27. The molecule has 1 aliphatic rings. The van der Waals surface area contributed by atoms with Crippen molar-refractivity contribution in [1.82, 2.24) is 0 Å². The van der Waals surface area contributed by atoms with Crippen LogP contribution in [0.4, 0.5) is 5.00 Å². The molecule has 3 rings (SSSR count). The topological polar surface area (TPSA) is 125 Å². The van der Waals surface area contributed by atoms with Crippen molar-refractivity contribution in [3.05, 3.63) is 69.1 Å². The van der Waals surface area contributed by atoms with Crippen LogP contribution in [-0.4, -0.2) is 30.9 Å². The number of nitriles is 2. The number of hydrogen-bond acceptors (Lipinski definition) is 9. The number of allylic oxidation sites excluding steroid dienone is 2. The quantitative estimate of drug-likeness (QED) is 0.164. The third-order valence-electron chi connectivity index (χ3n) is 5.38. The predicted molar refractivity (Wildman–Crippen MR) is 138 cm³/mol. The third kappa shape index (κ3) is 6.26. The van der Waals surface area contributed by atoms with Gasteiger partial charge in [-0.2, -0.15) is 15.6 Å². The smallest absolute Gasteiger partial charge is 0.359 e. The van der Waals surface area contributed by atoms with E-state index in [9.17, 15) is 20.1 Å². The fraction of sp³-hybridized carbons (Fsp3) is 0.296. The molecule has 1 N–H and O–H groups in total. The summed E-state index contributed by atoms with van der Waals surface area (Å²) in [6.07, 6.45) is 6.76. The van der Waals surface area contributed by atoms with E-state index >= 15 is 0 Å². The lowest BCUT2D eigenvalue weighted by molar-refractivity contribution is -0.134. The molecule has 0 fully saturated rings. The Morgan fingerprint density at radius 3 is 2.44 bits per heavy atom. The highest BCUT2D eigenvalue weighted by molar-refractivity contribution is 7.16. The first-order valence-electron chi connectivity index (χ1n) is 11.6. The molecular weight excluding hydrogens is 476 g/mol. The highest BCUT2D eigenvalue weighted by Crippen LogP contribution is 2.38. The van der Waals surface area contributed by atoms with Crippen LogP contribution in [0.1, 0.15) is 53.1 Å². The van der Waals surface area contributed by atoms with E-state index in [0.717, 1.165) is 41.7 Å². The Hall–Kier alpha value is -4.21. The number of rotatable bonds is 9. The minimum Gasteiger partial charge on any atom is -0.462 e. The molecule has 9 heteroatoms. The second-order valence-corrected chi connectivity index (χ2v) is 8.79. The van der Waals surface area contributed by atoms with Gasteiger partial charge in [-0.15, -0.1) is 11.3 Å². The average Bonchev–Trinajstić information content (AvgIpc) is 3.27. The van der Waals surface area contributed by atoms with Crippen molar-refractivity contribution in [2.75, 3.05) is 18.6 Å². The van der Waals surface area contributed by atoms with E-state index in [0.29, 0.717) is 10.6 Å². The van der Waals surface area contributed by atoms with Crippen LogP contribution in [0.15, 0.2) is 52.7 Å². The van der Waals surface area contributed by atoms with Gasteiger partial charge in [-0.05, 0) is 56.7 Å². The first-order chi connectivity index (χ1) is 17.5. The summed E-state index contributed by atoms with van der Waals surface area (Å²) in [5, 5.41) is 23.9. The van der Waals surface area contributed by atoms with Gasteiger partial charge < -0.3 is 9.47 Å². The van der Waals surface area contributed by atoms with Crippen molar-refractivity contribution in [3.63, 3.8) is 0 Å². The lowest BCUT2D eigenvalue weighted by atomic mass is 9.95. The molecule has 0 spiro atoms. The summed E-state index contributed by atoms with van der Waals surface area (Å²) in [6, 6.07) is 12.9. The van der Waals surface area contributed by atoms with E-state index in [2.05, 4.69) is 10.5 Å². The number of thiophene rings is 1. The molecule has 184 valence electrons. The fourth-order valence-corrected chi connectivity index (χ4v) is 4.98. The molecule has 1 heterocycles. The number of nitrogens with zero attached hydrogens (tertiary/aromatic N) is 3. The molecule has 0 unspecified atom stereocenters. The van der Waals surface area contributed by atoms with Gasteiger partial charge in [-0.25, -0.2) is 9.59 Å². The molecular formula is C27H26N4O4S. The number of ether oxygens (including phenoxy) is 2. The Bertz CT molecular complexity index is 1280. The number of aryl methyl sites for hydroxylation is 1. The highest BCUT2D eigenvalue weighted by atomic mass is 32.1. The zero-order valence-corrected chi connectivity index (χ0v) is 21.0. The van der Waals surface area contributed by atoms with Crippen LogP contribution >= 0.6 is 11.3 Å². The number of carbonyl (C=O) groups is 2. The van der Waals surface area contributed by atoms with Crippen molar-refractivity contribution >= 4 is 40.1 Å². The van der Waals surface area contributed by atoms with Crippen LogP contribution in [0.25, 0.3) is 6.08 Å². The van der Waals surface area contributed by atoms with Gasteiger partial charge in [-0.3, -0.25) is 5.43 Å².